The predicted molar refractivity (Wildman–Crippen MR) is 57.7 cm³/mol. The van der Waals surface area contributed by atoms with Gasteiger partial charge in [-0.15, -0.1) is 0 Å². The van der Waals surface area contributed by atoms with Crippen molar-refractivity contribution < 1.29 is 24.2 Å². The van der Waals surface area contributed by atoms with Gasteiger partial charge in [-0.1, -0.05) is 0 Å². The Balaban J connectivity index is 4.18. The van der Waals surface area contributed by atoms with E-state index in [1.807, 2.05) is 5.43 Å². The number of carboxylic acids is 1. The maximum absolute atomic E-state index is 11.2. The number of primary amides is 1. The van der Waals surface area contributed by atoms with Gasteiger partial charge >= 0.3 is 12.1 Å². The van der Waals surface area contributed by atoms with Crippen molar-refractivity contribution in [3.8, 4) is 0 Å². The zero-order valence-corrected chi connectivity index (χ0v) is 9.94. The van der Waals surface area contributed by atoms with Crippen LogP contribution in [0.15, 0.2) is 0 Å². The van der Waals surface area contributed by atoms with Gasteiger partial charge in [0.15, 0.2) is 0 Å². The van der Waals surface area contributed by atoms with Crippen LogP contribution in [0, 0.1) is 0 Å². The molecule has 0 aliphatic heterocycles. The molecule has 17 heavy (non-hydrogen) atoms. The number of hydrazine groups is 1. The minimum Gasteiger partial charge on any atom is -0.480 e. The molecule has 98 valence electrons. The number of amides is 2. The third-order valence-corrected chi connectivity index (χ3v) is 1.45. The molecule has 0 aromatic carbocycles. The van der Waals surface area contributed by atoms with Gasteiger partial charge in [0.2, 0.25) is 5.91 Å². The van der Waals surface area contributed by atoms with E-state index in [9.17, 15) is 14.4 Å². The number of hydrogen-bond donors (Lipinski definition) is 4. The number of hydrogen-bond acceptors (Lipinski definition) is 5. The van der Waals surface area contributed by atoms with E-state index >= 15 is 0 Å². The zero-order valence-electron chi connectivity index (χ0n) is 9.94. The molecule has 0 heterocycles. The SMILES string of the molecule is CC(C)(C)OC(=O)NN[C@@H](CC(N)=O)C(=O)O. The number of carbonyl (C=O) groups excluding carboxylic acids is 2. The van der Waals surface area contributed by atoms with Crippen LogP contribution in [0.2, 0.25) is 0 Å². The molecule has 0 aliphatic carbocycles. The highest BCUT2D eigenvalue weighted by molar-refractivity contribution is 5.83. The van der Waals surface area contributed by atoms with Crippen molar-refractivity contribution in [1.29, 1.82) is 0 Å². The Hall–Kier alpha value is -1.83. The lowest BCUT2D eigenvalue weighted by molar-refractivity contribution is -0.141. The molecule has 5 N–H and O–H groups in total. The summed E-state index contributed by atoms with van der Waals surface area (Å²) in [6.07, 6.45) is -1.28. The fourth-order valence-electron chi connectivity index (χ4n) is 0.851. The molecule has 0 aromatic rings. The largest absolute Gasteiger partial charge is 0.480 e. The minimum atomic E-state index is -1.31. The molecule has 0 radical (unpaired) electrons. The molecule has 8 nitrogen and oxygen atoms in total. The maximum Gasteiger partial charge on any atom is 0.422 e. The van der Waals surface area contributed by atoms with Crippen LogP contribution in [-0.4, -0.2) is 34.7 Å². The first-order valence-electron chi connectivity index (χ1n) is 4.87. The highest BCUT2D eigenvalue weighted by atomic mass is 16.6. The maximum atomic E-state index is 11.2. The fourth-order valence-corrected chi connectivity index (χ4v) is 0.851. The van der Waals surface area contributed by atoms with Crippen LogP contribution in [0.4, 0.5) is 4.79 Å². The van der Waals surface area contributed by atoms with Crippen molar-refractivity contribution >= 4 is 18.0 Å². The normalized spacial score (nSPS) is 12.6. The third-order valence-electron chi connectivity index (χ3n) is 1.45. The molecule has 0 unspecified atom stereocenters. The average molecular weight is 247 g/mol. The van der Waals surface area contributed by atoms with Gasteiger partial charge < -0.3 is 15.6 Å². The summed E-state index contributed by atoms with van der Waals surface area (Å²) < 4.78 is 4.85. The highest BCUT2D eigenvalue weighted by Crippen LogP contribution is 2.05. The van der Waals surface area contributed by atoms with Crippen molar-refractivity contribution in [2.75, 3.05) is 0 Å². The van der Waals surface area contributed by atoms with Crippen LogP contribution in [0.5, 0.6) is 0 Å². The Morgan fingerprint density at radius 3 is 2.24 bits per heavy atom. The first kappa shape index (κ1) is 15.2. The topological polar surface area (TPSA) is 131 Å². The highest BCUT2D eigenvalue weighted by Gasteiger charge is 2.22. The number of carboxylic acid groups (broad SMARTS) is 1. The van der Waals surface area contributed by atoms with Crippen molar-refractivity contribution in [2.45, 2.75) is 38.8 Å². The first-order chi connectivity index (χ1) is 7.61. The van der Waals surface area contributed by atoms with Crippen molar-refractivity contribution in [1.82, 2.24) is 10.9 Å². The summed E-state index contributed by atoms with van der Waals surface area (Å²) in [6, 6.07) is -1.29. The summed E-state index contributed by atoms with van der Waals surface area (Å²) in [4.78, 5) is 32.4. The summed E-state index contributed by atoms with van der Waals surface area (Å²) in [5.41, 5.74) is 8.33. The van der Waals surface area contributed by atoms with Crippen LogP contribution >= 0.6 is 0 Å². The molecule has 0 bridgehead atoms. The smallest absolute Gasteiger partial charge is 0.422 e. The van der Waals surface area contributed by atoms with Gasteiger partial charge in [-0.05, 0) is 20.8 Å². The Bertz CT molecular complexity index is 310. The van der Waals surface area contributed by atoms with Crippen molar-refractivity contribution in [3.05, 3.63) is 0 Å². The lowest BCUT2D eigenvalue weighted by Gasteiger charge is -2.21. The van der Waals surface area contributed by atoms with Gasteiger partial charge in [0.1, 0.15) is 11.6 Å². The number of aliphatic carboxylic acids is 1. The summed E-state index contributed by atoms with van der Waals surface area (Å²) in [7, 11) is 0. The molecule has 0 aromatic heterocycles. The summed E-state index contributed by atoms with van der Waals surface area (Å²) in [5.74, 6) is -2.10. The zero-order chi connectivity index (χ0) is 13.6. The average Bonchev–Trinajstić information content (AvgIpc) is 2.08. The molecule has 0 fully saturated rings. The molecule has 0 saturated heterocycles. The minimum absolute atomic E-state index is 0.439. The van der Waals surface area contributed by atoms with E-state index in [0.717, 1.165) is 0 Å². The molecule has 1 atom stereocenters. The fraction of sp³-hybridized carbons (Fsp3) is 0.667. The number of rotatable bonds is 5. The molecule has 2 amide bonds. The lowest BCUT2D eigenvalue weighted by atomic mass is 10.2. The van der Waals surface area contributed by atoms with Gasteiger partial charge in [0, 0.05) is 0 Å². The van der Waals surface area contributed by atoms with E-state index < -0.39 is 36.0 Å². The summed E-state index contributed by atoms with van der Waals surface area (Å²) in [6.45, 7) is 4.97. The summed E-state index contributed by atoms with van der Waals surface area (Å²) in [5, 5.41) is 8.71. The van der Waals surface area contributed by atoms with Crippen molar-refractivity contribution in [2.24, 2.45) is 5.73 Å². The number of ether oxygens (including phenoxy) is 1. The molecule has 8 heteroatoms. The first-order valence-corrected chi connectivity index (χ1v) is 4.87. The Morgan fingerprint density at radius 1 is 1.35 bits per heavy atom. The molecule has 0 rings (SSSR count). The molecule has 0 saturated carbocycles. The van der Waals surface area contributed by atoms with E-state index in [0.29, 0.717) is 0 Å². The Morgan fingerprint density at radius 2 is 1.88 bits per heavy atom. The lowest BCUT2D eigenvalue weighted by Crippen LogP contribution is -2.50. The van der Waals surface area contributed by atoms with Crippen LogP contribution in [0.25, 0.3) is 0 Å². The van der Waals surface area contributed by atoms with Gasteiger partial charge in [0.25, 0.3) is 0 Å². The second-order valence-corrected chi connectivity index (χ2v) is 4.33. The second kappa shape index (κ2) is 6.04. The van der Waals surface area contributed by atoms with Gasteiger partial charge in [-0.25, -0.2) is 10.2 Å². The molecular formula is C9H17N3O5. The van der Waals surface area contributed by atoms with E-state index in [1.165, 1.54) is 0 Å². The molecular weight excluding hydrogens is 230 g/mol. The number of nitrogens with two attached hydrogens (primary N) is 1. The van der Waals surface area contributed by atoms with Gasteiger partial charge in [-0.2, -0.15) is 0 Å². The van der Waals surface area contributed by atoms with Crippen molar-refractivity contribution in [3.63, 3.8) is 0 Å². The van der Waals surface area contributed by atoms with Crippen LogP contribution in [0.1, 0.15) is 27.2 Å². The quantitative estimate of drug-likeness (QED) is 0.477. The Kier molecular flexibility index (Phi) is 5.39. The third kappa shape index (κ3) is 8.03. The van der Waals surface area contributed by atoms with Gasteiger partial charge in [0.05, 0.1) is 6.42 Å². The van der Waals surface area contributed by atoms with Gasteiger partial charge in [-0.3, -0.25) is 15.0 Å². The molecule has 0 aliphatic rings. The van der Waals surface area contributed by atoms with E-state index in [4.69, 9.17) is 15.6 Å². The van der Waals surface area contributed by atoms with E-state index in [-0.39, 0.29) is 0 Å². The van der Waals surface area contributed by atoms with Crippen LogP contribution < -0.4 is 16.6 Å². The summed E-state index contributed by atoms with van der Waals surface area (Å²) >= 11 is 0. The van der Waals surface area contributed by atoms with Crippen LogP contribution in [-0.2, 0) is 14.3 Å². The van der Waals surface area contributed by atoms with Crippen LogP contribution in [0.3, 0.4) is 0 Å². The monoisotopic (exact) mass is 247 g/mol. The van der Waals surface area contributed by atoms with E-state index in [1.54, 1.807) is 20.8 Å². The number of nitrogens with one attached hydrogen (secondary N) is 2. The number of carbonyl (C=O) groups is 3. The predicted octanol–water partition coefficient (Wildman–Crippen LogP) is -0.656. The van der Waals surface area contributed by atoms with E-state index in [2.05, 4.69) is 5.43 Å². The second-order valence-electron chi connectivity index (χ2n) is 4.33. The Labute approximate surface area is 98.5 Å². The standard InChI is InChI=1S/C9H17N3O5/c1-9(2,3)17-8(16)12-11-5(7(14)15)4-6(10)13/h5,11H,4H2,1-3H3,(H2,10,13)(H,12,16)(H,14,15)/t5-/m0/s1. The molecule has 0 spiro atoms.